The molecule has 1 aromatic heterocycles. The Morgan fingerprint density at radius 2 is 2.11 bits per heavy atom. The highest BCUT2D eigenvalue weighted by atomic mass is 32.2. The molecule has 1 rings (SSSR count). The monoisotopic (exact) mass is 321 g/mol. The maximum absolute atomic E-state index is 12.2. The molecule has 0 radical (unpaired) electrons. The molecule has 0 saturated carbocycles. The quantitative estimate of drug-likeness (QED) is 0.781. The number of aryl methyl sites for hydroxylation is 2. The normalized spacial score (nSPS) is 15.2. The van der Waals surface area contributed by atoms with Crippen molar-refractivity contribution in [1.29, 1.82) is 0 Å². The number of thiazole rings is 1. The zero-order chi connectivity index (χ0) is 14.8. The van der Waals surface area contributed by atoms with E-state index in [9.17, 15) is 8.42 Å². The first-order valence-electron chi connectivity index (χ1n) is 5.93. The summed E-state index contributed by atoms with van der Waals surface area (Å²) < 4.78 is 27.1. The van der Waals surface area contributed by atoms with Crippen molar-refractivity contribution in [3.8, 4) is 0 Å². The molecule has 19 heavy (non-hydrogen) atoms. The Labute approximate surface area is 123 Å². The SMILES string of the molecule is CCC(C(N)=S)S(=O)(=O)NC(C)c1sc(C)nc1C. The Kier molecular flexibility index (Phi) is 5.43. The number of hydrogen-bond acceptors (Lipinski definition) is 5. The zero-order valence-electron chi connectivity index (χ0n) is 11.4. The summed E-state index contributed by atoms with van der Waals surface area (Å²) in [6.45, 7) is 7.31. The highest BCUT2D eigenvalue weighted by Crippen LogP contribution is 2.25. The lowest BCUT2D eigenvalue weighted by atomic mass is 10.2. The van der Waals surface area contributed by atoms with E-state index in [1.54, 1.807) is 13.8 Å². The lowest BCUT2D eigenvalue weighted by molar-refractivity contribution is 0.561. The minimum Gasteiger partial charge on any atom is -0.392 e. The van der Waals surface area contributed by atoms with Crippen LogP contribution >= 0.6 is 23.6 Å². The van der Waals surface area contributed by atoms with Gasteiger partial charge in [-0.3, -0.25) is 0 Å². The van der Waals surface area contributed by atoms with Crippen molar-refractivity contribution in [2.75, 3.05) is 0 Å². The number of sulfonamides is 1. The molecule has 0 spiro atoms. The zero-order valence-corrected chi connectivity index (χ0v) is 13.9. The summed E-state index contributed by atoms with van der Waals surface area (Å²) in [7, 11) is -3.56. The molecule has 0 aliphatic rings. The first-order chi connectivity index (χ1) is 8.69. The second-order valence-corrected chi connectivity index (χ2v) is 7.97. The van der Waals surface area contributed by atoms with E-state index in [-0.39, 0.29) is 11.0 Å². The van der Waals surface area contributed by atoms with Crippen LogP contribution in [0.1, 0.15) is 41.9 Å². The molecule has 1 heterocycles. The van der Waals surface area contributed by atoms with E-state index in [0.717, 1.165) is 15.6 Å². The first kappa shape index (κ1) is 16.5. The van der Waals surface area contributed by atoms with Gasteiger partial charge in [0, 0.05) is 4.88 Å². The third-order valence-electron chi connectivity index (χ3n) is 2.74. The van der Waals surface area contributed by atoms with Crippen molar-refractivity contribution in [1.82, 2.24) is 9.71 Å². The Morgan fingerprint density at radius 1 is 1.53 bits per heavy atom. The van der Waals surface area contributed by atoms with Crippen molar-refractivity contribution in [3.05, 3.63) is 15.6 Å². The summed E-state index contributed by atoms with van der Waals surface area (Å²) in [6, 6.07) is -0.334. The van der Waals surface area contributed by atoms with Gasteiger partial charge in [0.15, 0.2) is 0 Å². The van der Waals surface area contributed by atoms with Gasteiger partial charge in [-0.1, -0.05) is 19.1 Å². The minimum absolute atomic E-state index is 0.000549. The standard InChI is InChI=1S/C11H19N3O2S3/c1-5-9(11(12)17)19(15,16)14-7(3)10-6(2)13-8(4)18-10/h7,9,14H,5H2,1-4H3,(H2,12,17). The molecule has 0 aromatic carbocycles. The van der Waals surface area contributed by atoms with E-state index in [4.69, 9.17) is 18.0 Å². The number of nitrogens with zero attached hydrogens (tertiary/aromatic N) is 1. The van der Waals surface area contributed by atoms with Gasteiger partial charge in [-0.25, -0.2) is 18.1 Å². The second kappa shape index (κ2) is 6.25. The Morgan fingerprint density at radius 3 is 2.47 bits per heavy atom. The predicted molar refractivity (Wildman–Crippen MR) is 82.9 cm³/mol. The van der Waals surface area contributed by atoms with Crippen molar-refractivity contribution >= 4 is 38.6 Å². The molecule has 0 fully saturated rings. The fourth-order valence-corrected chi connectivity index (χ4v) is 4.98. The number of nitrogens with two attached hydrogens (primary N) is 1. The molecule has 108 valence electrons. The third kappa shape index (κ3) is 3.95. The molecule has 0 aliphatic heterocycles. The number of rotatable bonds is 6. The van der Waals surface area contributed by atoms with Crippen LogP contribution in [0.5, 0.6) is 0 Å². The fourth-order valence-electron chi connectivity index (χ4n) is 1.90. The van der Waals surface area contributed by atoms with Crippen LogP contribution in [0, 0.1) is 13.8 Å². The van der Waals surface area contributed by atoms with E-state index in [1.807, 2.05) is 13.8 Å². The van der Waals surface area contributed by atoms with Crippen LogP contribution in [0.2, 0.25) is 0 Å². The summed E-state index contributed by atoms with van der Waals surface area (Å²) in [5.41, 5.74) is 6.33. The van der Waals surface area contributed by atoms with Gasteiger partial charge in [-0.05, 0) is 27.2 Å². The van der Waals surface area contributed by atoms with E-state index >= 15 is 0 Å². The largest absolute Gasteiger partial charge is 0.392 e. The highest BCUT2D eigenvalue weighted by molar-refractivity contribution is 7.93. The molecule has 3 N–H and O–H groups in total. The lowest BCUT2D eigenvalue weighted by Crippen LogP contribution is -2.42. The van der Waals surface area contributed by atoms with Crippen LogP contribution in [0.25, 0.3) is 0 Å². The molecule has 0 aliphatic carbocycles. The van der Waals surface area contributed by atoms with Crippen LogP contribution in [-0.4, -0.2) is 23.6 Å². The van der Waals surface area contributed by atoms with E-state index < -0.39 is 15.3 Å². The Balaban J connectivity index is 2.95. The summed E-state index contributed by atoms with van der Waals surface area (Å²) in [5.74, 6) is 0. The van der Waals surface area contributed by atoms with E-state index in [2.05, 4.69) is 9.71 Å². The highest BCUT2D eigenvalue weighted by Gasteiger charge is 2.29. The van der Waals surface area contributed by atoms with Gasteiger partial charge in [0.1, 0.15) is 5.25 Å². The van der Waals surface area contributed by atoms with Gasteiger partial charge in [-0.2, -0.15) is 0 Å². The average Bonchev–Trinajstić information content (AvgIpc) is 2.56. The molecule has 2 unspecified atom stereocenters. The van der Waals surface area contributed by atoms with E-state index in [0.29, 0.717) is 6.42 Å². The summed E-state index contributed by atoms with van der Waals surface area (Å²) in [4.78, 5) is 5.21. The van der Waals surface area contributed by atoms with Gasteiger partial charge in [0.05, 0.1) is 21.7 Å². The van der Waals surface area contributed by atoms with Gasteiger partial charge in [-0.15, -0.1) is 11.3 Å². The number of hydrogen-bond donors (Lipinski definition) is 2. The molecule has 0 saturated heterocycles. The molecule has 1 aromatic rings. The number of aromatic nitrogens is 1. The van der Waals surface area contributed by atoms with Gasteiger partial charge >= 0.3 is 0 Å². The number of thiocarbonyl (C=S) groups is 1. The molecule has 8 heteroatoms. The molecular weight excluding hydrogens is 302 g/mol. The Hall–Kier alpha value is -0.570. The van der Waals surface area contributed by atoms with Crippen LogP contribution in [0.4, 0.5) is 0 Å². The number of nitrogens with one attached hydrogen (secondary N) is 1. The van der Waals surface area contributed by atoms with Gasteiger partial charge in [0.2, 0.25) is 10.0 Å². The van der Waals surface area contributed by atoms with E-state index in [1.165, 1.54) is 11.3 Å². The van der Waals surface area contributed by atoms with Crippen molar-refractivity contribution in [2.45, 2.75) is 45.4 Å². The van der Waals surface area contributed by atoms with Gasteiger partial charge < -0.3 is 5.73 Å². The second-order valence-electron chi connectivity index (χ2n) is 4.37. The van der Waals surface area contributed by atoms with Crippen LogP contribution in [0.3, 0.4) is 0 Å². The topological polar surface area (TPSA) is 85.1 Å². The maximum atomic E-state index is 12.2. The summed E-state index contributed by atoms with van der Waals surface area (Å²) in [6.07, 6.45) is 0.359. The predicted octanol–water partition coefficient (Wildman–Crippen LogP) is 1.81. The molecule has 0 bridgehead atoms. The maximum Gasteiger partial charge on any atom is 0.221 e. The smallest absolute Gasteiger partial charge is 0.221 e. The summed E-state index contributed by atoms with van der Waals surface area (Å²) >= 11 is 6.30. The fraction of sp³-hybridized carbons (Fsp3) is 0.636. The van der Waals surface area contributed by atoms with Crippen LogP contribution in [-0.2, 0) is 10.0 Å². The van der Waals surface area contributed by atoms with Gasteiger partial charge in [0.25, 0.3) is 0 Å². The first-order valence-corrected chi connectivity index (χ1v) is 8.70. The van der Waals surface area contributed by atoms with Crippen molar-refractivity contribution in [3.63, 3.8) is 0 Å². The van der Waals surface area contributed by atoms with Crippen LogP contribution < -0.4 is 10.5 Å². The Bertz CT molecular complexity index is 566. The third-order valence-corrected chi connectivity index (χ3v) is 6.44. The average molecular weight is 321 g/mol. The lowest BCUT2D eigenvalue weighted by Gasteiger charge is -2.19. The molecule has 5 nitrogen and oxygen atoms in total. The summed E-state index contributed by atoms with van der Waals surface area (Å²) in [5, 5.41) is 0.0826. The molecular formula is C11H19N3O2S3. The van der Waals surface area contributed by atoms with Crippen molar-refractivity contribution < 1.29 is 8.42 Å². The minimum atomic E-state index is -3.56. The van der Waals surface area contributed by atoms with Crippen LogP contribution in [0.15, 0.2) is 0 Å². The molecule has 2 atom stereocenters. The van der Waals surface area contributed by atoms with Crippen molar-refractivity contribution in [2.24, 2.45) is 5.73 Å². The molecule has 0 amide bonds.